The first-order valence-corrected chi connectivity index (χ1v) is 14.9. The molecule has 196 valence electrons. The van der Waals surface area contributed by atoms with Crippen LogP contribution in [0.1, 0.15) is 73.4 Å². The van der Waals surface area contributed by atoms with E-state index in [9.17, 15) is 0 Å². The monoisotopic (exact) mass is 514 g/mol. The van der Waals surface area contributed by atoms with Gasteiger partial charge in [-0.1, -0.05) is 30.3 Å². The molecule has 5 aromatic rings. The molecule has 2 aliphatic carbocycles. The summed E-state index contributed by atoms with van der Waals surface area (Å²) >= 11 is 0. The number of H-pyrrole nitrogens is 2. The standard InChI is InChI=1S/C33H34N6/c1-3-24-22(11-12-26(25(24)4-1)29-17-35-33(38-29)30-20-6-9-21(16-20)36-30)18-7-10-23-19(15-18)8-13-27-31(23)39-32(37-27)28-5-2-14-34-28/h7-8,10-13,15,17,20-21,28,30,34,36H,1-6,9,14,16H2,(H,35,38)(H,37,39)/t20?,21?,28-,30-/m0/s1. The molecule has 0 radical (unpaired) electrons. The molecule has 4 N–H and O–H groups in total. The average Bonchev–Trinajstić information content (AvgIpc) is 3.82. The van der Waals surface area contributed by atoms with Crippen molar-refractivity contribution in [2.75, 3.05) is 6.54 Å². The maximum Gasteiger partial charge on any atom is 0.124 e. The molecule has 3 aromatic carbocycles. The summed E-state index contributed by atoms with van der Waals surface area (Å²) in [4.78, 5) is 17.2. The lowest BCUT2D eigenvalue weighted by Gasteiger charge is -2.21. The van der Waals surface area contributed by atoms with Crippen molar-refractivity contribution in [1.29, 1.82) is 0 Å². The first-order chi connectivity index (χ1) is 19.3. The quantitative estimate of drug-likeness (QED) is 0.221. The molecule has 6 nitrogen and oxygen atoms in total. The van der Waals surface area contributed by atoms with Crippen LogP contribution in [0.5, 0.6) is 0 Å². The van der Waals surface area contributed by atoms with Crippen LogP contribution in [0, 0.1) is 5.92 Å². The van der Waals surface area contributed by atoms with Crippen LogP contribution in [-0.4, -0.2) is 32.5 Å². The van der Waals surface area contributed by atoms with Gasteiger partial charge < -0.3 is 20.6 Å². The Labute approximate surface area is 228 Å². The fraction of sp³-hybridized carbons (Fsp3) is 0.394. The number of fused-ring (bicyclic) bond motifs is 6. The molecule has 2 saturated heterocycles. The minimum atomic E-state index is 0.350. The topological polar surface area (TPSA) is 81.4 Å². The molecule has 2 unspecified atom stereocenters. The first kappa shape index (κ1) is 22.3. The summed E-state index contributed by atoms with van der Waals surface area (Å²) in [5, 5.41) is 9.84. The van der Waals surface area contributed by atoms with E-state index >= 15 is 0 Å². The van der Waals surface area contributed by atoms with Crippen LogP contribution in [0.15, 0.2) is 48.7 Å². The molecule has 2 bridgehead atoms. The summed E-state index contributed by atoms with van der Waals surface area (Å²) in [7, 11) is 0. The minimum absolute atomic E-state index is 0.350. The van der Waals surface area contributed by atoms with Gasteiger partial charge in [-0.2, -0.15) is 0 Å². The molecule has 4 aliphatic rings. The van der Waals surface area contributed by atoms with E-state index in [1.807, 2.05) is 0 Å². The van der Waals surface area contributed by atoms with Crippen LogP contribution in [0.4, 0.5) is 0 Å². The number of hydrogen-bond acceptors (Lipinski definition) is 4. The lowest BCUT2D eigenvalue weighted by molar-refractivity contribution is 0.379. The third kappa shape index (κ3) is 3.47. The van der Waals surface area contributed by atoms with Gasteiger partial charge >= 0.3 is 0 Å². The Bertz CT molecular complexity index is 1740. The summed E-state index contributed by atoms with van der Waals surface area (Å²) in [5.74, 6) is 2.94. The van der Waals surface area contributed by atoms with Crippen molar-refractivity contribution in [2.24, 2.45) is 5.92 Å². The van der Waals surface area contributed by atoms with Crippen LogP contribution < -0.4 is 10.6 Å². The summed E-state index contributed by atoms with van der Waals surface area (Å²) < 4.78 is 0. The number of nitrogens with zero attached hydrogens (tertiary/aromatic N) is 2. The molecule has 0 amide bonds. The number of benzene rings is 3. The average molecular weight is 515 g/mol. The number of piperidine rings is 1. The zero-order chi connectivity index (χ0) is 25.5. The van der Waals surface area contributed by atoms with E-state index in [0.29, 0.717) is 18.1 Å². The van der Waals surface area contributed by atoms with Gasteiger partial charge in [0.25, 0.3) is 0 Å². The van der Waals surface area contributed by atoms with Gasteiger partial charge in [-0.3, -0.25) is 0 Å². The zero-order valence-corrected chi connectivity index (χ0v) is 22.2. The maximum atomic E-state index is 5.04. The third-order valence-corrected chi connectivity index (χ3v) is 10.0. The highest BCUT2D eigenvalue weighted by atomic mass is 15.1. The Morgan fingerprint density at radius 3 is 2.59 bits per heavy atom. The van der Waals surface area contributed by atoms with Gasteiger partial charge in [-0.25, -0.2) is 9.97 Å². The van der Waals surface area contributed by atoms with Gasteiger partial charge in [0, 0.05) is 17.0 Å². The minimum Gasteiger partial charge on any atom is -0.341 e. The van der Waals surface area contributed by atoms with Crippen molar-refractivity contribution >= 4 is 21.8 Å². The normalized spacial score (nSPS) is 25.8. The fourth-order valence-electron chi connectivity index (χ4n) is 8.09. The number of nitrogens with one attached hydrogen (secondary N) is 4. The zero-order valence-electron chi connectivity index (χ0n) is 22.2. The number of aromatic nitrogens is 4. The van der Waals surface area contributed by atoms with E-state index in [1.54, 1.807) is 0 Å². The Balaban J connectivity index is 1.08. The van der Waals surface area contributed by atoms with E-state index in [0.717, 1.165) is 54.4 Å². The maximum absolute atomic E-state index is 5.04. The molecule has 2 aromatic heterocycles. The van der Waals surface area contributed by atoms with Gasteiger partial charge in [0.2, 0.25) is 0 Å². The molecule has 1 saturated carbocycles. The first-order valence-electron chi connectivity index (χ1n) is 14.9. The van der Waals surface area contributed by atoms with E-state index in [4.69, 9.17) is 9.97 Å². The molecule has 6 heteroatoms. The molecular formula is C33H34N6. The van der Waals surface area contributed by atoms with Crippen molar-refractivity contribution in [3.8, 4) is 22.4 Å². The van der Waals surface area contributed by atoms with Crippen LogP contribution >= 0.6 is 0 Å². The van der Waals surface area contributed by atoms with Gasteiger partial charge in [-0.05, 0) is 104 Å². The molecule has 39 heavy (non-hydrogen) atoms. The van der Waals surface area contributed by atoms with E-state index in [1.165, 1.54) is 76.4 Å². The van der Waals surface area contributed by atoms with Crippen molar-refractivity contribution in [2.45, 2.75) is 69.5 Å². The van der Waals surface area contributed by atoms with Gasteiger partial charge in [0.1, 0.15) is 11.6 Å². The van der Waals surface area contributed by atoms with Crippen LogP contribution in [0.3, 0.4) is 0 Å². The molecule has 9 rings (SSSR count). The van der Waals surface area contributed by atoms with Crippen molar-refractivity contribution in [1.82, 2.24) is 30.6 Å². The highest BCUT2D eigenvalue weighted by Crippen LogP contribution is 2.44. The van der Waals surface area contributed by atoms with Crippen molar-refractivity contribution in [3.05, 3.63) is 71.4 Å². The molecule has 4 atom stereocenters. The Hall–Kier alpha value is -3.48. The van der Waals surface area contributed by atoms with Crippen molar-refractivity contribution in [3.63, 3.8) is 0 Å². The smallest absolute Gasteiger partial charge is 0.124 e. The predicted molar refractivity (Wildman–Crippen MR) is 156 cm³/mol. The SMILES string of the molecule is c1cc2c(ccc3[nH]c([C@@H]4CCCN4)nc32)cc1-c1ccc(-c2cnc([C@H]3NC4CCC3C4)[nH]2)c2c1CCC2. The Morgan fingerprint density at radius 2 is 1.74 bits per heavy atom. The van der Waals surface area contributed by atoms with Gasteiger partial charge in [0.15, 0.2) is 0 Å². The van der Waals surface area contributed by atoms with Gasteiger partial charge in [0.05, 0.1) is 35.0 Å². The molecule has 4 heterocycles. The summed E-state index contributed by atoms with van der Waals surface area (Å²) in [5.41, 5.74) is 10.4. The predicted octanol–water partition coefficient (Wildman–Crippen LogP) is 6.50. The van der Waals surface area contributed by atoms with Crippen molar-refractivity contribution < 1.29 is 0 Å². The molecule has 0 spiro atoms. The van der Waals surface area contributed by atoms with E-state index in [2.05, 4.69) is 69.3 Å². The second kappa shape index (κ2) is 8.51. The fourth-order valence-corrected chi connectivity index (χ4v) is 8.09. The summed E-state index contributed by atoms with van der Waals surface area (Å²) in [6, 6.07) is 17.5. The van der Waals surface area contributed by atoms with Crippen LogP contribution in [0.2, 0.25) is 0 Å². The largest absolute Gasteiger partial charge is 0.341 e. The second-order valence-corrected chi connectivity index (χ2v) is 12.2. The number of rotatable bonds is 4. The summed E-state index contributed by atoms with van der Waals surface area (Å²) in [6.07, 6.45) is 11.9. The number of aromatic amines is 2. The lowest BCUT2D eigenvalue weighted by Crippen LogP contribution is -2.29. The Kier molecular flexibility index (Phi) is 4.88. The van der Waals surface area contributed by atoms with Gasteiger partial charge in [-0.15, -0.1) is 0 Å². The number of imidazole rings is 2. The van der Waals surface area contributed by atoms with E-state index < -0.39 is 0 Å². The highest BCUT2D eigenvalue weighted by Gasteiger charge is 2.41. The third-order valence-electron chi connectivity index (χ3n) is 10.0. The summed E-state index contributed by atoms with van der Waals surface area (Å²) in [6.45, 7) is 1.08. The van der Waals surface area contributed by atoms with Crippen LogP contribution in [-0.2, 0) is 12.8 Å². The Morgan fingerprint density at radius 1 is 0.821 bits per heavy atom. The molecule has 3 fully saturated rings. The number of hydrogen-bond donors (Lipinski definition) is 4. The molecular weight excluding hydrogens is 480 g/mol. The van der Waals surface area contributed by atoms with Crippen LogP contribution in [0.25, 0.3) is 44.2 Å². The lowest BCUT2D eigenvalue weighted by atomic mass is 9.91. The van der Waals surface area contributed by atoms with E-state index in [-0.39, 0.29) is 0 Å². The highest BCUT2D eigenvalue weighted by molar-refractivity contribution is 6.05. The second-order valence-electron chi connectivity index (χ2n) is 12.2. The molecule has 2 aliphatic heterocycles.